The molecule has 0 radical (unpaired) electrons. The van der Waals surface area contributed by atoms with Crippen LogP contribution in [0.1, 0.15) is 26.2 Å². The molecule has 11 heavy (non-hydrogen) atoms. The highest BCUT2D eigenvalue weighted by Crippen LogP contribution is 2.10. The summed E-state index contributed by atoms with van der Waals surface area (Å²) in [6.07, 6.45) is 2.01. The van der Waals surface area contributed by atoms with Gasteiger partial charge in [-0.2, -0.15) is 0 Å². The number of hydrogen-bond acceptors (Lipinski definition) is 2. The van der Waals surface area contributed by atoms with E-state index in [2.05, 4.69) is 0 Å². The monoisotopic (exact) mass is 157 g/mol. The molecule has 1 N–H and O–H groups in total. The first-order valence-corrected chi connectivity index (χ1v) is 4.20. The van der Waals surface area contributed by atoms with Crippen LogP contribution in [-0.4, -0.2) is 35.1 Å². The fourth-order valence-corrected chi connectivity index (χ4v) is 1.28. The Hall–Kier alpha value is -0.570. The van der Waals surface area contributed by atoms with Crippen molar-refractivity contribution in [3.8, 4) is 0 Å². The lowest BCUT2D eigenvalue weighted by Gasteiger charge is -2.18. The third-order valence-corrected chi connectivity index (χ3v) is 2.07. The van der Waals surface area contributed by atoms with Crippen LogP contribution in [0.15, 0.2) is 0 Å². The predicted octanol–water partition coefficient (Wildman–Crippen LogP) is 0.380. The number of carbonyl (C=O) groups is 1. The molecule has 3 heteroatoms. The van der Waals surface area contributed by atoms with Gasteiger partial charge in [-0.25, -0.2) is 0 Å². The molecule has 1 amide bonds. The lowest BCUT2D eigenvalue weighted by Crippen LogP contribution is -2.32. The number of carbonyl (C=O) groups excluding carboxylic acids is 1. The molecule has 1 fully saturated rings. The van der Waals surface area contributed by atoms with Gasteiger partial charge < -0.3 is 10.0 Å². The van der Waals surface area contributed by atoms with Gasteiger partial charge in [-0.05, 0) is 12.8 Å². The number of rotatable bonds is 3. The predicted molar refractivity (Wildman–Crippen MR) is 42.1 cm³/mol. The minimum atomic E-state index is -0.336. The zero-order valence-electron chi connectivity index (χ0n) is 6.92. The van der Waals surface area contributed by atoms with Gasteiger partial charge in [0, 0.05) is 19.5 Å². The van der Waals surface area contributed by atoms with Crippen molar-refractivity contribution in [1.29, 1.82) is 0 Å². The molecule has 0 aromatic heterocycles. The summed E-state index contributed by atoms with van der Waals surface area (Å²) in [4.78, 5) is 12.8. The van der Waals surface area contributed by atoms with Gasteiger partial charge >= 0.3 is 0 Å². The normalized spacial score (nSPS) is 20.9. The van der Waals surface area contributed by atoms with Crippen molar-refractivity contribution in [3.05, 3.63) is 0 Å². The third kappa shape index (κ3) is 2.19. The number of hydrogen-bond donors (Lipinski definition) is 1. The first kappa shape index (κ1) is 8.53. The Balaban J connectivity index is 2.30. The Morgan fingerprint density at radius 1 is 1.73 bits per heavy atom. The fraction of sp³-hybridized carbons (Fsp3) is 0.875. The lowest BCUT2D eigenvalue weighted by atomic mass is 10.2. The van der Waals surface area contributed by atoms with Gasteiger partial charge in [-0.3, -0.25) is 4.79 Å². The van der Waals surface area contributed by atoms with Crippen molar-refractivity contribution < 1.29 is 9.90 Å². The first-order valence-electron chi connectivity index (χ1n) is 4.20. The summed E-state index contributed by atoms with van der Waals surface area (Å²) in [5.74, 6) is 0.192. The first-order chi connectivity index (χ1) is 5.24. The van der Waals surface area contributed by atoms with Crippen molar-refractivity contribution in [2.24, 2.45) is 0 Å². The number of likely N-dealkylation sites (tertiary alicyclic amines) is 1. The van der Waals surface area contributed by atoms with Gasteiger partial charge in [0.15, 0.2) is 0 Å². The van der Waals surface area contributed by atoms with E-state index in [4.69, 9.17) is 0 Å². The van der Waals surface area contributed by atoms with Crippen LogP contribution in [0.4, 0.5) is 0 Å². The number of aliphatic hydroxyl groups is 1. The molecule has 0 bridgehead atoms. The molecule has 3 nitrogen and oxygen atoms in total. The van der Waals surface area contributed by atoms with Crippen LogP contribution >= 0.6 is 0 Å². The van der Waals surface area contributed by atoms with Crippen LogP contribution in [0.2, 0.25) is 0 Å². The molecule has 64 valence electrons. The van der Waals surface area contributed by atoms with Crippen LogP contribution in [0.5, 0.6) is 0 Å². The van der Waals surface area contributed by atoms with E-state index < -0.39 is 0 Å². The lowest BCUT2D eigenvalue weighted by molar-refractivity contribution is -0.128. The Morgan fingerprint density at radius 3 is 2.91 bits per heavy atom. The molecule has 1 atom stereocenters. The van der Waals surface area contributed by atoms with Crippen molar-refractivity contribution in [2.75, 3.05) is 13.1 Å². The van der Waals surface area contributed by atoms with E-state index in [9.17, 15) is 9.90 Å². The average Bonchev–Trinajstić information content (AvgIpc) is 2.37. The molecule has 0 aromatic rings. The zero-order valence-corrected chi connectivity index (χ0v) is 6.92. The summed E-state index contributed by atoms with van der Waals surface area (Å²) < 4.78 is 0. The van der Waals surface area contributed by atoms with Crippen molar-refractivity contribution in [2.45, 2.75) is 32.3 Å². The third-order valence-electron chi connectivity index (χ3n) is 2.07. The Bertz CT molecular complexity index is 147. The van der Waals surface area contributed by atoms with Gasteiger partial charge in [0.2, 0.25) is 5.91 Å². The molecule has 0 aromatic carbocycles. The summed E-state index contributed by atoms with van der Waals surface area (Å²) in [6, 6.07) is 0. The van der Waals surface area contributed by atoms with E-state index in [1.807, 2.05) is 6.92 Å². The highest BCUT2D eigenvalue weighted by molar-refractivity contribution is 5.78. The number of aliphatic hydroxyl groups excluding tert-OH is 1. The van der Waals surface area contributed by atoms with E-state index in [1.54, 1.807) is 4.90 Å². The number of β-amino-alcohol motifs (C(OH)–C–C–N with tert-alkyl or cyclic N) is 1. The van der Waals surface area contributed by atoms with Gasteiger partial charge in [-0.15, -0.1) is 0 Å². The molecular formula is C8H15NO2. The van der Waals surface area contributed by atoms with Crippen LogP contribution in [0, 0.1) is 0 Å². The summed E-state index contributed by atoms with van der Waals surface area (Å²) in [5, 5.41) is 9.24. The van der Waals surface area contributed by atoms with Crippen molar-refractivity contribution >= 4 is 5.91 Å². The second-order valence-electron chi connectivity index (χ2n) is 3.01. The highest BCUT2D eigenvalue weighted by Gasteiger charge is 2.21. The number of amides is 1. The average molecular weight is 157 g/mol. The Labute approximate surface area is 67.0 Å². The standard InChI is InChI=1S/C8H15NO2/c1-2-7(10)6-9-5-3-4-8(9)11/h7,10H,2-6H2,1H3. The molecule has 1 unspecified atom stereocenters. The summed E-state index contributed by atoms with van der Waals surface area (Å²) >= 11 is 0. The highest BCUT2D eigenvalue weighted by atomic mass is 16.3. The summed E-state index contributed by atoms with van der Waals surface area (Å²) in [5.41, 5.74) is 0. The molecule has 1 aliphatic heterocycles. The summed E-state index contributed by atoms with van der Waals surface area (Å²) in [6.45, 7) is 3.27. The molecule has 0 aliphatic carbocycles. The van der Waals surface area contributed by atoms with Crippen molar-refractivity contribution in [1.82, 2.24) is 4.90 Å². The van der Waals surface area contributed by atoms with Crippen molar-refractivity contribution in [3.63, 3.8) is 0 Å². The minimum absolute atomic E-state index is 0.192. The van der Waals surface area contributed by atoms with E-state index in [0.717, 1.165) is 19.4 Å². The van der Waals surface area contributed by atoms with Crippen LogP contribution < -0.4 is 0 Å². The molecule has 1 saturated heterocycles. The Morgan fingerprint density at radius 2 is 2.45 bits per heavy atom. The molecule has 1 heterocycles. The molecule has 0 saturated carbocycles. The summed E-state index contributed by atoms with van der Waals surface area (Å²) in [7, 11) is 0. The molecule has 1 rings (SSSR count). The van der Waals surface area contributed by atoms with E-state index in [0.29, 0.717) is 13.0 Å². The van der Waals surface area contributed by atoms with Gasteiger partial charge in [0.1, 0.15) is 0 Å². The number of nitrogens with zero attached hydrogens (tertiary/aromatic N) is 1. The second kappa shape index (κ2) is 3.72. The van der Waals surface area contributed by atoms with E-state index >= 15 is 0 Å². The minimum Gasteiger partial charge on any atom is -0.391 e. The quantitative estimate of drug-likeness (QED) is 0.643. The van der Waals surface area contributed by atoms with E-state index in [-0.39, 0.29) is 12.0 Å². The van der Waals surface area contributed by atoms with Crippen LogP contribution in [-0.2, 0) is 4.79 Å². The maximum atomic E-state index is 11.0. The molecular weight excluding hydrogens is 142 g/mol. The van der Waals surface area contributed by atoms with Gasteiger partial charge in [-0.1, -0.05) is 6.92 Å². The van der Waals surface area contributed by atoms with Crippen LogP contribution in [0.25, 0.3) is 0 Å². The maximum absolute atomic E-state index is 11.0. The van der Waals surface area contributed by atoms with Gasteiger partial charge in [0.05, 0.1) is 6.10 Å². The van der Waals surface area contributed by atoms with E-state index in [1.165, 1.54) is 0 Å². The SMILES string of the molecule is CCC(O)CN1CCCC1=O. The topological polar surface area (TPSA) is 40.5 Å². The molecule has 1 aliphatic rings. The smallest absolute Gasteiger partial charge is 0.222 e. The maximum Gasteiger partial charge on any atom is 0.222 e. The zero-order chi connectivity index (χ0) is 8.27. The molecule has 0 spiro atoms. The van der Waals surface area contributed by atoms with Gasteiger partial charge in [0.25, 0.3) is 0 Å². The van der Waals surface area contributed by atoms with Crippen LogP contribution in [0.3, 0.4) is 0 Å². The largest absolute Gasteiger partial charge is 0.391 e. The second-order valence-corrected chi connectivity index (χ2v) is 3.01. The Kier molecular flexibility index (Phi) is 2.88. The fourth-order valence-electron chi connectivity index (χ4n) is 1.28.